The Kier molecular flexibility index (Phi) is 4.36. The topological polar surface area (TPSA) is 12.0 Å². The van der Waals surface area contributed by atoms with Gasteiger partial charge in [0.2, 0.25) is 0 Å². The first-order valence-electron chi connectivity index (χ1n) is 5.90. The van der Waals surface area contributed by atoms with E-state index in [0.29, 0.717) is 0 Å². The van der Waals surface area contributed by atoms with E-state index in [1.165, 1.54) is 12.8 Å². The summed E-state index contributed by atoms with van der Waals surface area (Å²) in [4.78, 5) is 0. The molecule has 88 valence electrons. The van der Waals surface area contributed by atoms with E-state index in [0.717, 1.165) is 41.9 Å². The fourth-order valence-electron chi connectivity index (χ4n) is 2.26. The smallest absolute Gasteiger partial charge is 0.126 e. The standard InChI is InChI=1S/C13H17BrFN/c14-12-3-4-13(15)11(9-12)2-1-10-5-7-16-8-6-10/h3-4,9-10,16H,1-2,5-8H2. The lowest BCUT2D eigenvalue weighted by Crippen LogP contribution is -2.27. The molecule has 16 heavy (non-hydrogen) atoms. The van der Waals surface area contributed by atoms with Gasteiger partial charge < -0.3 is 5.32 Å². The van der Waals surface area contributed by atoms with Crippen molar-refractivity contribution in [2.45, 2.75) is 25.7 Å². The van der Waals surface area contributed by atoms with Crippen LogP contribution in [0.15, 0.2) is 22.7 Å². The van der Waals surface area contributed by atoms with Crippen molar-refractivity contribution in [1.29, 1.82) is 0 Å². The molecule has 1 saturated heterocycles. The Bertz CT molecular complexity index is 348. The third kappa shape index (κ3) is 3.29. The van der Waals surface area contributed by atoms with Crippen LogP contribution in [0.2, 0.25) is 0 Å². The van der Waals surface area contributed by atoms with Crippen molar-refractivity contribution >= 4 is 15.9 Å². The van der Waals surface area contributed by atoms with E-state index in [1.807, 2.05) is 6.07 Å². The lowest BCUT2D eigenvalue weighted by molar-refractivity contribution is 0.353. The molecule has 2 rings (SSSR count). The number of aryl methyl sites for hydroxylation is 1. The molecular formula is C13H17BrFN. The van der Waals surface area contributed by atoms with Crippen LogP contribution in [-0.4, -0.2) is 13.1 Å². The minimum Gasteiger partial charge on any atom is -0.317 e. The van der Waals surface area contributed by atoms with Crippen molar-refractivity contribution in [2.24, 2.45) is 5.92 Å². The summed E-state index contributed by atoms with van der Waals surface area (Å²) >= 11 is 3.39. The summed E-state index contributed by atoms with van der Waals surface area (Å²) < 4.78 is 14.5. The SMILES string of the molecule is Fc1ccc(Br)cc1CCC1CCNCC1. The van der Waals surface area contributed by atoms with E-state index in [-0.39, 0.29) is 5.82 Å². The largest absolute Gasteiger partial charge is 0.317 e. The molecule has 1 aliphatic rings. The molecule has 0 unspecified atom stereocenters. The molecule has 0 aromatic heterocycles. The number of rotatable bonds is 3. The minimum atomic E-state index is -0.0721. The summed E-state index contributed by atoms with van der Waals surface area (Å²) in [6.45, 7) is 2.23. The Morgan fingerprint density at radius 1 is 1.31 bits per heavy atom. The van der Waals surface area contributed by atoms with Gasteiger partial charge in [-0.1, -0.05) is 15.9 Å². The molecule has 0 saturated carbocycles. The van der Waals surface area contributed by atoms with Crippen molar-refractivity contribution in [3.8, 4) is 0 Å². The lowest BCUT2D eigenvalue weighted by Gasteiger charge is -2.22. The number of hydrogen-bond acceptors (Lipinski definition) is 1. The van der Waals surface area contributed by atoms with E-state index >= 15 is 0 Å². The Hall–Kier alpha value is -0.410. The van der Waals surface area contributed by atoms with Crippen molar-refractivity contribution in [3.05, 3.63) is 34.1 Å². The molecule has 1 aliphatic heterocycles. The van der Waals surface area contributed by atoms with Crippen LogP contribution in [-0.2, 0) is 6.42 Å². The first-order valence-corrected chi connectivity index (χ1v) is 6.69. The molecule has 1 nitrogen and oxygen atoms in total. The normalized spacial score (nSPS) is 17.6. The van der Waals surface area contributed by atoms with Crippen LogP contribution >= 0.6 is 15.9 Å². The van der Waals surface area contributed by atoms with E-state index in [1.54, 1.807) is 12.1 Å². The highest BCUT2D eigenvalue weighted by atomic mass is 79.9. The van der Waals surface area contributed by atoms with Gasteiger partial charge in [0.15, 0.2) is 0 Å². The van der Waals surface area contributed by atoms with E-state index in [4.69, 9.17) is 0 Å². The number of piperidine rings is 1. The average molecular weight is 286 g/mol. The second-order valence-corrected chi connectivity index (χ2v) is 5.38. The van der Waals surface area contributed by atoms with Gasteiger partial charge in [0.1, 0.15) is 5.82 Å². The summed E-state index contributed by atoms with van der Waals surface area (Å²) in [6.07, 6.45) is 4.43. The van der Waals surface area contributed by atoms with E-state index < -0.39 is 0 Å². The molecule has 0 radical (unpaired) electrons. The summed E-state index contributed by atoms with van der Waals surface area (Å²) in [5.74, 6) is 0.691. The first kappa shape index (κ1) is 12.1. The van der Waals surface area contributed by atoms with Crippen LogP contribution in [0.1, 0.15) is 24.8 Å². The zero-order valence-corrected chi connectivity index (χ0v) is 10.9. The van der Waals surface area contributed by atoms with Gasteiger partial charge in [-0.2, -0.15) is 0 Å². The maximum atomic E-state index is 13.5. The van der Waals surface area contributed by atoms with Gasteiger partial charge in [-0.05, 0) is 68.5 Å². The fourth-order valence-corrected chi connectivity index (χ4v) is 2.67. The quantitative estimate of drug-likeness (QED) is 0.896. The molecule has 0 bridgehead atoms. The van der Waals surface area contributed by atoms with Crippen molar-refractivity contribution in [1.82, 2.24) is 5.32 Å². The molecule has 1 aromatic rings. The Balaban J connectivity index is 1.90. The number of nitrogens with one attached hydrogen (secondary N) is 1. The highest BCUT2D eigenvalue weighted by molar-refractivity contribution is 9.10. The molecule has 1 N–H and O–H groups in total. The van der Waals surface area contributed by atoms with E-state index in [2.05, 4.69) is 21.2 Å². The Labute approximate surface area is 105 Å². The summed E-state index contributed by atoms with van der Waals surface area (Å²) in [6, 6.07) is 5.20. The zero-order valence-electron chi connectivity index (χ0n) is 9.31. The van der Waals surface area contributed by atoms with Crippen molar-refractivity contribution in [2.75, 3.05) is 13.1 Å². The predicted molar refractivity (Wildman–Crippen MR) is 68.0 cm³/mol. The molecule has 3 heteroatoms. The Morgan fingerprint density at radius 2 is 2.06 bits per heavy atom. The van der Waals surface area contributed by atoms with Crippen LogP contribution in [0.5, 0.6) is 0 Å². The maximum Gasteiger partial charge on any atom is 0.126 e. The van der Waals surface area contributed by atoms with E-state index in [9.17, 15) is 4.39 Å². The minimum absolute atomic E-state index is 0.0721. The van der Waals surface area contributed by atoms with Gasteiger partial charge in [-0.3, -0.25) is 0 Å². The van der Waals surface area contributed by atoms with Crippen LogP contribution in [0.4, 0.5) is 4.39 Å². The molecule has 1 fully saturated rings. The highest BCUT2D eigenvalue weighted by Gasteiger charge is 2.13. The highest BCUT2D eigenvalue weighted by Crippen LogP contribution is 2.22. The van der Waals surface area contributed by atoms with Gasteiger partial charge in [-0.15, -0.1) is 0 Å². The summed E-state index contributed by atoms with van der Waals surface area (Å²) in [7, 11) is 0. The summed E-state index contributed by atoms with van der Waals surface area (Å²) in [5.41, 5.74) is 0.841. The average Bonchev–Trinajstić information content (AvgIpc) is 2.32. The second-order valence-electron chi connectivity index (χ2n) is 4.47. The van der Waals surface area contributed by atoms with Crippen LogP contribution in [0.3, 0.4) is 0 Å². The molecule has 1 heterocycles. The van der Waals surface area contributed by atoms with Crippen LogP contribution in [0.25, 0.3) is 0 Å². The number of benzene rings is 1. The first-order chi connectivity index (χ1) is 7.75. The van der Waals surface area contributed by atoms with Gasteiger partial charge in [0.05, 0.1) is 0 Å². The molecule has 0 atom stereocenters. The molecule has 0 amide bonds. The molecule has 0 spiro atoms. The second kappa shape index (κ2) is 5.78. The molecular weight excluding hydrogens is 269 g/mol. The van der Waals surface area contributed by atoms with Crippen LogP contribution < -0.4 is 5.32 Å². The van der Waals surface area contributed by atoms with Crippen molar-refractivity contribution in [3.63, 3.8) is 0 Å². The van der Waals surface area contributed by atoms with Crippen LogP contribution in [0, 0.1) is 11.7 Å². The monoisotopic (exact) mass is 285 g/mol. The third-order valence-electron chi connectivity index (χ3n) is 3.29. The fraction of sp³-hybridized carbons (Fsp3) is 0.538. The zero-order chi connectivity index (χ0) is 11.4. The number of halogens is 2. The van der Waals surface area contributed by atoms with Crippen molar-refractivity contribution < 1.29 is 4.39 Å². The Morgan fingerprint density at radius 3 is 2.81 bits per heavy atom. The molecule has 0 aliphatic carbocycles. The van der Waals surface area contributed by atoms with Gasteiger partial charge in [0.25, 0.3) is 0 Å². The maximum absolute atomic E-state index is 13.5. The number of hydrogen-bond donors (Lipinski definition) is 1. The van der Waals surface area contributed by atoms with Gasteiger partial charge in [0, 0.05) is 4.47 Å². The predicted octanol–water partition coefficient (Wildman–Crippen LogP) is 3.52. The van der Waals surface area contributed by atoms with Gasteiger partial charge >= 0.3 is 0 Å². The van der Waals surface area contributed by atoms with Gasteiger partial charge in [-0.25, -0.2) is 4.39 Å². The lowest BCUT2D eigenvalue weighted by atomic mass is 9.91. The third-order valence-corrected chi connectivity index (χ3v) is 3.78. The molecule has 1 aromatic carbocycles. The summed E-state index contributed by atoms with van der Waals surface area (Å²) in [5, 5.41) is 3.35.